The topological polar surface area (TPSA) is 157 Å². The number of anilines is 7. The SMILES string of the molecule is CNC(=O)c1ccccc1Nc1nc(Nc2ccc(Nc3c(NCCO)c(=O)c3=O)cc2)ncc1C(F)(F)F. The molecule has 11 nitrogen and oxygen atoms in total. The van der Waals surface area contributed by atoms with Crippen LogP contribution in [-0.2, 0) is 6.18 Å². The Morgan fingerprint density at radius 1 is 0.923 bits per heavy atom. The molecule has 0 saturated heterocycles. The van der Waals surface area contributed by atoms with Gasteiger partial charge in [-0.05, 0) is 36.4 Å². The van der Waals surface area contributed by atoms with Crippen molar-refractivity contribution in [1.82, 2.24) is 15.3 Å². The van der Waals surface area contributed by atoms with Gasteiger partial charge >= 0.3 is 6.18 Å². The number of benzene rings is 2. The molecule has 4 rings (SSSR count). The van der Waals surface area contributed by atoms with E-state index >= 15 is 0 Å². The smallest absolute Gasteiger partial charge is 0.395 e. The van der Waals surface area contributed by atoms with Gasteiger partial charge in [-0.15, -0.1) is 0 Å². The van der Waals surface area contributed by atoms with Crippen molar-refractivity contribution in [3.8, 4) is 0 Å². The average Bonchev–Trinajstić information content (AvgIpc) is 2.92. The number of hydrogen-bond acceptors (Lipinski definition) is 10. The fourth-order valence-corrected chi connectivity index (χ4v) is 3.57. The van der Waals surface area contributed by atoms with E-state index in [1.54, 1.807) is 36.4 Å². The lowest BCUT2D eigenvalue weighted by atomic mass is 10.1. The van der Waals surface area contributed by atoms with Crippen molar-refractivity contribution in [1.29, 1.82) is 0 Å². The summed E-state index contributed by atoms with van der Waals surface area (Å²) in [6.45, 7) is -0.119. The number of carbonyl (C=O) groups is 1. The van der Waals surface area contributed by atoms with Gasteiger partial charge in [-0.25, -0.2) is 4.98 Å². The monoisotopic (exact) mass is 541 g/mol. The normalized spacial score (nSPS) is 11.2. The fourth-order valence-electron chi connectivity index (χ4n) is 3.57. The number of rotatable bonds is 10. The molecule has 0 aliphatic rings. The average molecular weight is 541 g/mol. The van der Waals surface area contributed by atoms with Crippen molar-refractivity contribution in [3.05, 3.63) is 86.3 Å². The summed E-state index contributed by atoms with van der Waals surface area (Å²) in [5.41, 5.74) is -1.26. The zero-order valence-electron chi connectivity index (χ0n) is 20.3. The third kappa shape index (κ3) is 5.96. The van der Waals surface area contributed by atoms with Crippen molar-refractivity contribution < 1.29 is 23.1 Å². The van der Waals surface area contributed by atoms with Gasteiger partial charge in [0.1, 0.15) is 22.8 Å². The summed E-state index contributed by atoms with van der Waals surface area (Å²) in [7, 11) is 1.40. The number of aromatic nitrogens is 2. The number of nitrogens with zero attached hydrogens (tertiary/aromatic N) is 2. The van der Waals surface area contributed by atoms with Crippen molar-refractivity contribution in [2.45, 2.75) is 6.18 Å². The van der Waals surface area contributed by atoms with Gasteiger partial charge < -0.3 is 31.7 Å². The lowest BCUT2D eigenvalue weighted by molar-refractivity contribution is -0.137. The van der Waals surface area contributed by atoms with Crippen molar-refractivity contribution in [2.24, 2.45) is 0 Å². The van der Waals surface area contributed by atoms with Crippen LogP contribution in [-0.4, -0.2) is 41.2 Å². The second-order valence-corrected chi connectivity index (χ2v) is 8.09. The molecule has 3 aromatic carbocycles. The highest BCUT2D eigenvalue weighted by Gasteiger charge is 2.35. The van der Waals surface area contributed by atoms with Crippen LogP contribution in [0.4, 0.5) is 53.4 Å². The van der Waals surface area contributed by atoms with Gasteiger partial charge in [0, 0.05) is 31.2 Å². The van der Waals surface area contributed by atoms with Crippen molar-refractivity contribution in [2.75, 3.05) is 41.5 Å². The Morgan fingerprint density at radius 3 is 2.21 bits per heavy atom. The zero-order chi connectivity index (χ0) is 28.2. The van der Waals surface area contributed by atoms with Gasteiger partial charge in [0.2, 0.25) is 5.95 Å². The van der Waals surface area contributed by atoms with Crippen LogP contribution in [0.3, 0.4) is 0 Å². The first-order chi connectivity index (χ1) is 18.6. The van der Waals surface area contributed by atoms with Crippen LogP contribution in [0, 0.1) is 0 Å². The highest BCUT2D eigenvalue weighted by molar-refractivity contribution is 6.00. The first-order valence-corrected chi connectivity index (χ1v) is 11.5. The number of hydrogen-bond donors (Lipinski definition) is 6. The van der Waals surface area contributed by atoms with Crippen molar-refractivity contribution in [3.63, 3.8) is 0 Å². The molecule has 0 radical (unpaired) electrons. The van der Waals surface area contributed by atoms with Crippen LogP contribution in [0.25, 0.3) is 0 Å². The molecule has 14 heteroatoms. The highest BCUT2D eigenvalue weighted by Crippen LogP contribution is 2.36. The van der Waals surface area contributed by atoms with E-state index in [2.05, 4.69) is 36.6 Å². The molecule has 0 bridgehead atoms. The van der Waals surface area contributed by atoms with Crippen LogP contribution >= 0.6 is 0 Å². The zero-order valence-corrected chi connectivity index (χ0v) is 20.3. The van der Waals surface area contributed by atoms with Gasteiger partial charge in [-0.3, -0.25) is 14.4 Å². The third-order valence-corrected chi connectivity index (χ3v) is 5.48. The highest BCUT2D eigenvalue weighted by atomic mass is 19.4. The molecule has 0 unspecified atom stereocenters. The van der Waals surface area contributed by atoms with Gasteiger partial charge in [-0.1, -0.05) is 12.1 Å². The van der Waals surface area contributed by atoms with Crippen LogP contribution in [0.1, 0.15) is 15.9 Å². The molecule has 1 heterocycles. The van der Waals surface area contributed by atoms with E-state index in [-0.39, 0.29) is 41.7 Å². The molecule has 1 aromatic heterocycles. The molecule has 1 amide bonds. The van der Waals surface area contributed by atoms with E-state index in [1.165, 1.54) is 19.2 Å². The number of halogens is 3. The van der Waals surface area contributed by atoms with E-state index < -0.39 is 34.3 Å². The molecule has 0 aliphatic carbocycles. The Bertz CT molecular complexity index is 1570. The first kappa shape index (κ1) is 27.1. The van der Waals surface area contributed by atoms with E-state index in [0.29, 0.717) is 17.6 Å². The maximum atomic E-state index is 13.7. The van der Waals surface area contributed by atoms with Crippen LogP contribution in [0.5, 0.6) is 0 Å². The molecule has 0 aliphatic heterocycles. The summed E-state index contributed by atoms with van der Waals surface area (Å²) in [4.78, 5) is 43.5. The van der Waals surface area contributed by atoms with Crippen LogP contribution < -0.4 is 37.4 Å². The predicted octanol–water partition coefficient (Wildman–Crippen LogP) is 3.09. The van der Waals surface area contributed by atoms with Crippen LogP contribution in [0.2, 0.25) is 0 Å². The molecule has 6 N–H and O–H groups in total. The summed E-state index contributed by atoms with van der Waals surface area (Å²) in [5, 5.41) is 22.2. The lowest BCUT2D eigenvalue weighted by Crippen LogP contribution is -2.37. The standard InChI is InChI=1S/C25H22F3N7O4/c1-29-23(39)15-4-2-3-5-17(15)34-22-16(25(26,27)28)12-31-24(35-22)33-14-8-6-13(7-9-14)32-19-18(30-10-11-36)20(37)21(19)38/h2-9,12,30,32,36H,10-11H2,1H3,(H,29,39)(H2,31,33,34,35). The summed E-state index contributed by atoms with van der Waals surface area (Å²) >= 11 is 0. The maximum Gasteiger partial charge on any atom is 0.421 e. The van der Waals surface area contributed by atoms with Gasteiger partial charge in [0.15, 0.2) is 0 Å². The number of alkyl halides is 3. The summed E-state index contributed by atoms with van der Waals surface area (Å²) in [6, 6.07) is 12.3. The molecule has 0 spiro atoms. The summed E-state index contributed by atoms with van der Waals surface area (Å²) in [5.74, 6) is -1.20. The van der Waals surface area contributed by atoms with Crippen LogP contribution in [0.15, 0.2) is 64.3 Å². The minimum Gasteiger partial charge on any atom is -0.395 e. The lowest BCUT2D eigenvalue weighted by Gasteiger charge is -2.17. The Labute approximate surface area is 218 Å². The quantitative estimate of drug-likeness (QED) is 0.165. The predicted molar refractivity (Wildman–Crippen MR) is 140 cm³/mol. The van der Waals surface area contributed by atoms with Gasteiger partial charge in [0.25, 0.3) is 16.8 Å². The first-order valence-electron chi connectivity index (χ1n) is 11.5. The minimum absolute atomic E-state index is 0.0629. The Balaban J connectivity index is 1.55. The third-order valence-electron chi connectivity index (χ3n) is 5.48. The molecular formula is C25H22F3N7O4. The number of carbonyl (C=O) groups excluding carboxylic acids is 1. The molecule has 4 aromatic rings. The Kier molecular flexibility index (Phi) is 7.76. The second kappa shape index (κ2) is 11.2. The molecule has 39 heavy (non-hydrogen) atoms. The number of aliphatic hydroxyl groups is 1. The van der Waals surface area contributed by atoms with Gasteiger partial charge in [-0.2, -0.15) is 18.2 Å². The van der Waals surface area contributed by atoms with E-state index in [9.17, 15) is 27.6 Å². The second-order valence-electron chi connectivity index (χ2n) is 8.09. The number of nitrogens with one attached hydrogen (secondary N) is 5. The molecule has 202 valence electrons. The Hall–Kier alpha value is -4.98. The van der Waals surface area contributed by atoms with E-state index in [0.717, 1.165) is 0 Å². The minimum atomic E-state index is -4.77. The molecule has 0 atom stereocenters. The molecule has 0 fully saturated rings. The maximum absolute atomic E-state index is 13.7. The summed E-state index contributed by atoms with van der Waals surface area (Å²) < 4.78 is 41.0. The summed E-state index contributed by atoms with van der Waals surface area (Å²) in [6.07, 6.45) is -4.14. The number of para-hydroxylation sites is 1. The van der Waals surface area contributed by atoms with Gasteiger partial charge in [0.05, 0.1) is 17.9 Å². The number of amides is 1. The van der Waals surface area contributed by atoms with E-state index in [4.69, 9.17) is 5.11 Å². The number of aliphatic hydroxyl groups excluding tert-OH is 1. The molecule has 0 saturated carbocycles. The Morgan fingerprint density at radius 2 is 1.56 bits per heavy atom. The van der Waals surface area contributed by atoms with Crippen molar-refractivity contribution >= 4 is 46.1 Å². The fraction of sp³-hybridized carbons (Fsp3) is 0.160. The largest absolute Gasteiger partial charge is 0.421 e. The van der Waals surface area contributed by atoms with E-state index in [1.807, 2.05) is 0 Å². The molecular weight excluding hydrogens is 519 g/mol.